The summed E-state index contributed by atoms with van der Waals surface area (Å²) in [5, 5.41) is 1.22. The van der Waals surface area contributed by atoms with Crippen molar-refractivity contribution in [2.45, 2.75) is 13.8 Å². The second-order valence-corrected chi connectivity index (χ2v) is 8.06. The largest absolute Gasteiger partial charge is 0.317 e. The van der Waals surface area contributed by atoms with Gasteiger partial charge in [-0.25, -0.2) is 15.0 Å². The van der Waals surface area contributed by atoms with E-state index in [0.29, 0.717) is 17.5 Å². The van der Waals surface area contributed by atoms with E-state index in [4.69, 9.17) is 15.0 Å². The molecule has 0 aliphatic carbocycles. The van der Waals surface area contributed by atoms with Gasteiger partial charge in [-0.1, -0.05) is 85.4 Å². The van der Waals surface area contributed by atoms with Crippen LogP contribution < -0.4 is 0 Å². The fourth-order valence-corrected chi connectivity index (χ4v) is 3.96. The van der Waals surface area contributed by atoms with Crippen molar-refractivity contribution in [3.8, 4) is 22.8 Å². The summed E-state index contributed by atoms with van der Waals surface area (Å²) >= 11 is 0. The monoisotopic (exact) mass is 428 g/mol. The van der Waals surface area contributed by atoms with Gasteiger partial charge in [0.15, 0.2) is 17.5 Å². The van der Waals surface area contributed by atoms with Crippen LogP contribution in [0.25, 0.3) is 44.9 Å². The smallest absolute Gasteiger partial charge is 0.164 e. The number of rotatable bonds is 5. The van der Waals surface area contributed by atoms with Crippen LogP contribution in [0.5, 0.6) is 0 Å². The molecule has 0 N–H and O–H groups in total. The first kappa shape index (κ1) is 20.6. The van der Waals surface area contributed by atoms with E-state index in [1.54, 1.807) is 0 Å². The van der Waals surface area contributed by atoms with Gasteiger partial charge in [-0.3, -0.25) is 0 Å². The topological polar surface area (TPSA) is 43.6 Å². The van der Waals surface area contributed by atoms with E-state index in [1.807, 2.05) is 79.7 Å². The van der Waals surface area contributed by atoms with E-state index in [2.05, 4.69) is 42.5 Å². The number of aromatic nitrogens is 4. The summed E-state index contributed by atoms with van der Waals surface area (Å²) in [6.45, 7) is 8.46. The van der Waals surface area contributed by atoms with Gasteiger partial charge in [0.05, 0.1) is 5.52 Å². The fourth-order valence-electron chi connectivity index (χ4n) is 3.96. The number of para-hydroxylation sites is 1. The van der Waals surface area contributed by atoms with Crippen molar-refractivity contribution in [2.75, 3.05) is 0 Å². The van der Waals surface area contributed by atoms with Gasteiger partial charge < -0.3 is 4.57 Å². The molecule has 5 rings (SSSR count). The van der Waals surface area contributed by atoms with Crippen LogP contribution in [0.1, 0.15) is 18.3 Å². The lowest BCUT2D eigenvalue weighted by molar-refractivity contribution is 1.03. The van der Waals surface area contributed by atoms with E-state index < -0.39 is 0 Å². The highest BCUT2D eigenvalue weighted by Crippen LogP contribution is 2.26. The van der Waals surface area contributed by atoms with Gasteiger partial charge in [-0.2, -0.15) is 0 Å². The summed E-state index contributed by atoms with van der Waals surface area (Å²) in [5.41, 5.74) is 6.05. The van der Waals surface area contributed by atoms with Gasteiger partial charge in [0.1, 0.15) is 0 Å². The van der Waals surface area contributed by atoms with Crippen LogP contribution in [0, 0.1) is 6.92 Å². The molecule has 0 radical (unpaired) electrons. The van der Waals surface area contributed by atoms with Crippen molar-refractivity contribution in [3.05, 3.63) is 115 Å². The van der Waals surface area contributed by atoms with Crippen LogP contribution in [0.15, 0.2) is 104 Å². The summed E-state index contributed by atoms with van der Waals surface area (Å²) in [5.74, 6) is 1.94. The molecule has 0 aliphatic rings. The number of hydrogen-bond acceptors (Lipinski definition) is 3. The third-order valence-electron chi connectivity index (χ3n) is 5.66. The first-order valence-electron chi connectivity index (χ1n) is 10.9. The van der Waals surface area contributed by atoms with Crippen LogP contribution in [0.2, 0.25) is 0 Å². The van der Waals surface area contributed by atoms with Gasteiger partial charge in [-0.05, 0) is 37.1 Å². The Kier molecular flexibility index (Phi) is 5.41. The van der Waals surface area contributed by atoms with Crippen molar-refractivity contribution >= 4 is 22.2 Å². The number of allylic oxidation sites excluding steroid dienone is 3. The van der Waals surface area contributed by atoms with Crippen LogP contribution in [0.4, 0.5) is 0 Å². The number of nitrogens with zero attached hydrogens (tertiary/aromatic N) is 4. The van der Waals surface area contributed by atoms with Crippen molar-refractivity contribution < 1.29 is 0 Å². The molecule has 0 unspecified atom stereocenters. The predicted molar refractivity (Wildman–Crippen MR) is 136 cm³/mol. The average Bonchev–Trinajstić information content (AvgIpc) is 3.21. The molecule has 2 heterocycles. The summed E-state index contributed by atoms with van der Waals surface area (Å²) in [6, 6.07) is 28.4. The molecule has 0 spiro atoms. The van der Waals surface area contributed by atoms with Crippen LogP contribution in [-0.4, -0.2) is 19.5 Å². The normalized spacial score (nSPS) is 11.6. The molecule has 0 bridgehead atoms. The molecule has 4 nitrogen and oxygen atoms in total. The van der Waals surface area contributed by atoms with E-state index in [1.165, 1.54) is 10.9 Å². The standard InChI is InChI=1S/C29H24N4/c1-20(18-22(3)33-19-21(2)25-16-10-11-17-26(25)33)27-30-28(23-12-6-4-7-13-23)32-29(31-27)24-14-8-5-9-15-24/h4-19H,3H2,1-2H3/b20-18+. The molecule has 2 aromatic heterocycles. The van der Waals surface area contributed by atoms with Gasteiger partial charge in [0, 0.05) is 28.4 Å². The molecule has 0 atom stereocenters. The highest BCUT2D eigenvalue weighted by molar-refractivity contribution is 5.88. The van der Waals surface area contributed by atoms with E-state index in [9.17, 15) is 0 Å². The Balaban J connectivity index is 1.60. The number of fused-ring (bicyclic) bond motifs is 1. The third kappa shape index (κ3) is 4.11. The molecule has 0 amide bonds. The molecule has 33 heavy (non-hydrogen) atoms. The fraction of sp³-hybridized carbons (Fsp3) is 0.0690. The van der Waals surface area contributed by atoms with Gasteiger partial charge in [-0.15, -0.1) is 0 Å². The first-order chi connectivity index (χ1) is 16.1. The Morgan fingerprint density at radius 3 is 1.91 bits per heavy atom. The summed E-state index contributed by atoms with van der Waals surface area (Å²) in [6.07, 6.45) is 4.15. The number of benzene rings is 3. The molecule has 0 aliphatic heterocycles. The van der Waals surface area contributed by atoms with Gasteiger partial charge in [0.2, 0.25) is 0 Å². The van der Waals surface area contributed by atoms with Crippen LogP contribution >= 0.6 is 0 Å². The molecule has 5 aromatic rings. The second-order valence-electron chi connectivity index (χ2n) is 8.06. The molecule has 0 fully saturated rings. The molecule has 4 heteroatoms. The molecular weight excluding hydrogens is 404 g/mol. The minimum atomic E-state index is 0.636. The lowest BCUT2D eigenvalue weighted by Crippen LogP contribution is -2.02. The molecule has 0 saturated heterocycles. The van der Waals surface area contributed by atoms with Crippen molar-refractivity contribution in [1.82, 2.24) is 19.5 Å². The Hall–Kier alpha value is -4.31. The maximum Gasteiger partial charge on any atom is 0.164 e. The molecule has 3 aromatic carbocycles. The Labute approximate surface area is 193 Å². The third-order valence-corrected chi connectivity index (χ3v) is 5.66. The zero-order chi connectivity index (χ0) is 22.8. The Morgan fingerprint density at radius 1 is 0.758 bits per heavy atom. The maximum atomic E-state index is 4.80. The van der Waals surface area contributed by atoms with Crippen LogP contribution in [-0.2, 0) is 0 Å². The summed E-state index contributed by atoms with van der Waals surface area (Å²) in [4.78, 5) is 14.4. The second kappa shape index (κ2) is 8.67. The van der Waals surface area contributed by atoms with Crippen molar-refractivity contribution in [3.63, 3.8) is 0 Å². The van der Waals surface area contributed by atoms with Gasteiger partial charge >= 0.3 is 0 Å². The van der Waals surface area contributed by atoms with E-state index >= 15 is 0 Å². The SMILES string of the molecule is C=C(/C=C(\C)c1nc(-c2ccccc2)nc(-c2ccccc2)n1)n1cc(C)c2ccccc21. The van der Waals surface area contributed by atoms with E-state index in [0.717, 1.165) is 27.9 Å². The highest BCUT2D eigenvalue weighted by atomic mass is 15.0. The number of aryl methyl sites for hydroxylation is 1. The quantitative estimate of drug-likeness (QED) is 0.282. The predicted octanol–water partition coefficient (Wildman–Crippen LogP) is 7.04. The molecular formula is C29H24N4. The van der Waals surface area contributed by atoms with Crippen molar-refractivity contribution in [2.24, 2.45) is 0 Å². The van der Waals surface area contributed by atoms with E-state index in [-0.39, 0.29) is 0 Å². The zero-order valence-corrected chi connectivity index (χ0v) is 18.7. The van der Waals surface area contributed by atoms with Crippen LogP contribution in [0.3, 0.4) is 0 Å². The average molecular weight is 429 g/mol. The lowest BCUT2D eigenvalue weighted by Gasteiger charge is -2.10. The molecule has 160 valence electrons. The maximum absolute atomic E-state index is 4.80. The Morgan fingerprint density at radius 2 is 1.30 bits per heavy atom. The van der Waals surface area contributed by atoms with Crippen molar-refractivity contribution in [1.29, 1.82) is 0 Å². The summed E-state index contributed by atoms with van der Waals surface area (Å²) < 4.78 is 2.12. The minimum Gasteiger partial charge on any atom is -0.317 e. The van der Waals surface area contributed by atoms with Gasteiger partial charge in [0.25, 0.3) is 0 Å². The zero-order valence-electron chi connectivity index (χ0n) is 18.7. The number of hydrogen-bond donors (Lipinski definition) is 0. The first-order valence-corrected chi connectivity index (χ1v) is 10.9. The highest BCUT2D eigenvalue weighted by Gasteiger charge is 2.12. The summed E-state index contributed by atoms with van der Waals surface area (Å²) in [7, 11) is 0. The Bertz CT molecular complexity index is 1420. The molecule has 0 saturated carbocycles. The lowest BCUT2D eigenvalue weighted by atomic mass is 10.1. The minimum absolute atomic E-state index is 0.636.